The van der Waals surface area contributed by atoms with Gasteiger partial charge in [0.05, 0.1) is 4.90 Å². The van der Waals surface area contributed by atoms with Crippen molar-refractivity contribution in [3.63, 3.8) is 0 Å². The van der Waals surface area contributed by atoms with Gasteiger partial charge >= 0.3 is 0 Å². The van der Waals surface area contributed by atoms with E-state index in [1.807, 2.05) is 49.4 Å². The molecule has 3 aromatic rings. The van der Waals surface area contributed by atoms with Gasteiger partial charge in [-0.3, -0.25) is 4.79 Å². The van der Waals surface area contributed by atoms with Crippen molar-refractivity contribution in [3.8, 4) is 11.6 Å². The van der Waals surface area contributed by atoms with Gasteiger partial charge in [-0.15, -0.1) is 0 Å². The van der Waals surface area contributed by atoms with Crippen LogP contribution in [-0.4, -0.2) is 24.8 Å². The van der Waals surface area contributed by atoms with E-state index < -0.39 is 15.6 Å². The van der Waals surface area contributed by atoms with Crippen LogP contribution >= 0.6 is 0 Å². The maximum atomic E-state index is 13.4. The highest BCUT2D eigenvalue weighted by atomic mass is 32.2. The molecule has 2 N–H and O–H groups in total. The second kappa shape index (κ2) is 10.4. The van der Waals surface area contributed by atoms with Crippen LogP contribution in [-0.2, 0) is 21.4 Å². The van der Waals surface area contributed by atoms with Gasteiger partial charge in [-0.25, -0.2) is 13.4 Å². The van der Waals surface area contributed by atoms with Crippen LogP contribution in [0.3, 0.4) is 0 Å². The molecule has 2 aromatic carbocycles. The zero-order valence-electron chi connectivity index (χ0n) is 19.2. The monoisotopic (exact) mass is 479 g/mol. The summed E-state index contributed by atoms with van der Waals surface area (Å²) in [6, 6.07) is 19.5. The number of nitrogens with zero attached hydrogens (tertiary/aromatic N) is 1. The molecule has 4 rings (SSSR count). The maximum Gasteiger partial charge on any atom is 0.241 e. The Morgan fingerprint density at radius 3 is 2.53 bits per heavy atom. The molecule has 7 nitrogen and oxygen atoms in total. The number of nitrogens with one attached hydrogen (secondary N) is 2. The van der Waals surface area contributed by atoms with Crippen LogP contribution in [0.4, 0.5) is 0 Å². The third-order valence-electron chi connectivity index (χ3n) is 5.98. The van der Waals surface area contributed by atoms with Crippen molar-refractivity contribution in [2.75, 3.05) is 0 Å². The molecule has 34 heavy (non-hydrogen) atoms. The molecule has 0 saturated heterocycles. The summed E-state index contributed by atoms with van der Waals surface area (Å²) < 4.78 is 34.8. The van der Waals surface area contributed by atoms with E-state index in [1.54, 1.807) is 30.5 Å². The highest BCUT2D eigenvalue weighted by Gasteiger charge is 2.43. The van der Waals surface area contributed by atoms with E-state index in [9.17, 15) is 13.2 Å². The Bertz CT molecular complexity index is 1240. The van der Waals surface area contributed by atoms with Gasteiger partial charge < -0.3 is 10.1 Å². The van der Waals surface area contributed by atoms with Gasteiger partial charge in [0, 0.05) is 18.8 Å². The van der Waals surface area contributed by atoms with Crippen LogP contribution in [0.25, 0.3) is 0 Å². The number of hydrogen-bond acceptors (Lipinski definition) is 5. The summed E-state index contributed by atoms with van der Waals surface area (Å²) in [6.07, 6.45) is 5.14. The first-order valence-electron chi connectivity index (χ1n) is 11.4. The number of amides is 1. The number of pyridine rings is 1. The number of carbonyl (C=O) groups excluding carboxylic acids is 1. The number of ether oxygens (including phenoxy) is 1. The normalized spacial score (nSPS) is 15.4. The van der Waals surface area contributed by atoms with Gasteiger partial charge in [0.1, 0.15) is 11.3 Å². The lowest BCUT2D eigenvalue weighted by Crippen LogP contribution is -2.59. The summed E-state index contributed by atoms with van der Waals surface area (Å²) >= 11 is 0. The first kappa shape index (κ1) is 23.9. The summed E-state index contributed by atoms with van der Waals surface area (Å²) in [5.74, 6) is 0.785. The number of hydrogen-bond donors (Lipinski definition) is 2. The Balaban J connectivity index is 1.48. The lowest BCUT2D eigenvalue weighted by molar-refractivity contribution is -0.128. The van der Waals surface area contributed by atoms with Crippen LogP contribution in [0.1, 0.15) is 43.2 Å². The molecule has 1 saturated carbocycles. The van der Waals surface area contributed by atoms with Crippen LogP contribution in [0.15, 0.2) is 77.8 Å². The first-order valence-corrected chi connectivity index (χ1v) is 12.9. The second-order valence-electron chi connectivity index (χ2n) is 8.66. The van der Waals surface area contributed by atoms with Gasteiger partial charge in [-0.2, -0.15) is 4.72 Å². The molecule has 0 aliphatic heterocycles. The molecule has 8 heteroatoms. The average Bonchev–Trinajstić information content (AvgIpc) is 2.84. The smallest absolute Gasteiger partial charge is 0.241 e. The van der Waals surface area contributed by atoms with E-state index in [0.717, 1.165) is 30.4 Å². The van der Waals surface area contributed by atoms with E-state index in [0.29, 0.717) is 24.5 Å². The lowest BCUT2D eigenvalue weighted by atomic mass is 9.82. The van der Waals surface area contributed by atoms with Crippen molar-refractivity contribution < 1.29 is 17.9 Å². The molecule has 178 valence electrons. The number of sulfonamides is 1. The Labute approximate surface area is 200 Å². The molecule has 1 fully saturated rings. The third kappa shape index (κ3) is 5.81. The number of aromatic nitrogens is 1. The molecule has 1 heterocycles. The highest BCUT2D eigenvalue weighted by molar-refractivity contribution is 7.89. The van der Waals surface area contributed by atoms with E-state index in [4.69, 9.17) is 4.74 Å². The Morgan fingerprint density at radius 2 is 1.79 bits per heavy atom. The summed E-state index contributed by atoms with van der Waals surface area (Å²) in [5, 5.41) is 2.95. The lowest BCUT2D eigenvalue weighted by Gasteiger charge is -2.36. The largest absolute Gasteiger partial charge is 0.439 e. The fraction of sp³-hybridized carbons (Fsp3) is 0.308. The topological polar surface area (TPSA) is 97.4 Å². The number of rotatable bonds is 8. The van der Waals surface area contributed by atoms with E-state index >= 15 is 0 Å². The van der Waals surface area contributed by atoms with Gasteiger partial charge in [0.2, 0.25) is 21.8 Å². The molecular weight excluding hydrogens is 450 g/mol. The van der Waals surface area contributed by atoms with E-state index in [1.165, 1.54) is 0 Å². The predicted octanol–water partition coefficient (Wildman–Crippen LogP) is 4.48. The zero-order valence-corrected chi connectivity index (χ0v) is 20.0. The molecular formula is C26H29N3O4S. The van der Waals surface area contributed by atoms with Crippen LogP contribution < -0.4 is 14.8 Å². The van der Waals surface area contributed by atoms with Crippen LogP contribution in [0.2, 0.25) is 0 Å². The van der Waals surface area contributed by atoms with Gasteiger partial charge in [0.25, 0.3) is 0 Å². The number of benzene rings is 2. The maximum absolute atomic E-state index is 13.4. The van der Waals surface area contributed by atoms with Crippen molar-refractivity contribution in [2.45, 2.75) is 56.0 Å². The Morgan fingerprint density at radius 1 is 1.00 bits per heavy atom. The average molecular weight is 480 g/mol. The fourth-order valence-electron chi connectivity index (χ4n) is 4.23. The SMILES string of the molecule is Cc1cccc(S(=O)(=O)NC2(C(=O)NCc3cccc(Oc4ccccn4)c3)CCCCC2)c1. The second-order valence-corrected chi connectivity index (χ2v) is 10.3. The van der Waals surface area contributed by atoms with Crippen molar-refractivity contribution in [3.05, 3.63) is 84.1 Å². The minimum atomic E-state index is -3.85. The van der Waals surface area contributed by atoms with Crippen molar-refractivity contribution in [1.82, 2.24) is 15.0 Å². The molecule has 0 spiro atoms. The summed E-state index contributed by atoms with van der Waals surface area (Å²) in [7, 11) is -3.85. The molecule has 1 aliphatic rings. The number of aryl methyl sites for hydroxylation is 1. The molecule has 0 atom stereocenters. The van der Waals surface area contributed by atoms with Crippen molar-refractivity contribution in [1.29, 1.82) is 0 Å². The van der Waals surface area contributed by atoms with Gasteiger partial charge in [-0.1, -0.05) is 49.6 Å². The Kier molecular flexibility index (Phi) is 7.29. The number of carbonyl (C=O) groups is 1. The highest BCUT2D eigenvalue weighted by Crippen LogP contribution is 2.31. The van der Waals surface area contributed by atoms with Crippen molar-refractivity contribution >= 4 is 15.9 Å². The molecule has 1 aromatic heterocycles. The zero-order chi connectivity index (χ0) is 24.0. The summed E-state index contributed by atoms with van der Waals surface area (Å²) in [6.45, 7) is 2.10. The first-order chi connectivity index (χ1) is 16.4. The molecule has 1 aliphatic carbocycles. The van der Waals surface area contributed by atoms with E-state index in [-0.39, 0.29) is 17.3 Å². The summed E-state index contributed by atoms with van der Waals surface area (Å²) in [4.78, 5) is 17.7. The van der Waals surface area contributed by atoms with E-state index in [2.05, 4.69) is 15.0 Å². The van der Waals surface area contributed by atoms with Crippen LogP contribution in [0, 0.1) is 6.92 Å². The molecule has 1 amide bonds. The third-order valence-corrected chi connectivity index (χ3v) is 7.52. The fourth-order valence-corrected chi connectivity index (χ4v) is 5.76. The standard InChI is InChI=1S/C26H29N3O4S/c1-20-9-7-12-23(17-20)34(31,32)29-26(14-4-2-5-15-26)25(30)28-19-21-10-8-11-22(18-21)33-24-13-3-6-16-27-24/h3,6-13,16-18,29H,2,4-5,14-15,19H2,1H3,(H,28,30). The molecule has 0 radical (unpaired) electrons. The molecule has 0 unspecified atom stereocenters. The predicted molar refractivity (Wildman–Crippen MR) is 130 cm³/mol. The van der Waals surface area contributed by atoms with Crippen LogP contribution in [0.5, 0.6) is 11.6 Å². The molecule has 0 bridgehead atoms. The van der Waals surface area contributed by atoms with Gasteiger partial charge in [0.15, 0.2) is 0 Å². The minimum Gasteiger partial charge on any atom is -0.439 e. The van der Waals surface area contributed by atoms with Gasteiger partial charge in [-0.05, 0) is 61.2 Å². The van der Waals surface area contributed by atoms with Crippen molar-refractivity contribution in [2.24, 2.45) is 0 Å². The minimum absolute atomic E-state index is 0.171. The summed E-state index contributed by atoms with van der Waals surface area (Å²) in [5.41, 5.74) is 0.523. The Hall–Kier alpha value is -3.23. The quantitative estimate of drug-likeness (QED) is 0.497.